The zero-order valence-corrected chi connectivity index (χ0v) is 17.1. The number of carbonyl (C=O) groups excluding carboxylic acids is 1. The predicted octanol–water partition coefficient (Wildman–Crippen LogP) is 4.71. The Kier molecular flexibility index (Phi) is 6.10. The molecule has 0 bridgehead atoms. The molecule has 3 aromatic rings. The van der Waals surface area contributed by atoms with Gasteiger partial charge in [0, 0.05) is 49.7 Å². The number of carbonyl (C=O) groups is 1. The molecule has 1 saturated heterocycles. The first-order valence-electron chi connectivity index (χ1n) is 10.3. The van der Waals surface area contributed by atoms with Gasteiger partial charge < -0.3 is 10.2 Å². The molecule has 4 nitrogen and oxygen atoms in total. The number of hydrogen-bond donors (Lipinski definition) is 1. The number of nitrogens with one attached hydrogen (secondary N) is 1. The quantitative estimate of drug-likeness (QED) is 0.670. The van der Waals surface area contributed by atoms with Crippen LogP contribution >= 0.6 is 0 Å². The van der Waals surface area contributed by atoms with Crippen LogP contribution in [0.15, 0.2) is 72.8 Å². The Hall–Kier alpha value is -3.18. The van der Waals surface area contributed by atoms with Crippen LogP contribution in [0.2, 0.25) is 0 Å². The predicted molar refractivity (Wildman–Crippen MR) is 119 cm³/mol. The molecule has 1 aliphatic rings. The van der Waals surface area contributed by atoms with Gasteiger partial charge in [0.15, 0.2) is 0 Å². The number of rotatable bonds is 5. The second-order valence-corrected chi connectivity index (χ2v) is 7.76. The molecule has 0 saturated carbocycles. The molecular weight excluding hydrogens is 377 g/mol. The minimum absolute atomic E-state index is 0.0955. The van der Waals surface area contributed by atoms with E-state index in [9.17, 15) is 9.18 Å². The minimum atomic E-state index is -0.205. The van der Waals surface area contributed by atoms with E-state index in [1.54, 1.807) is 0 Å². The fraction of sp³-hybridized carbons (Fsp3) is 0.240. The van der Waals surface area contributed by atoms with Gasteiger partial charge in [0.05, 0.1) is 0 Å². The number of amides is 1. The molecule has 0 unspecified atom stereocenters. The summed E-state index contributed by atoms with van der Waals surface area (Å²) in [7, 11) is 0. The van der Waals surface area contributed by atoms with E-state index >= 15 is 0 Å². The van der Waals surface area contributed by atoms with Gasteiger partial charge in [-0.15, -0.1) is 0 Å². The first-order valence-corrected chi connectivity index (χ1v) is 10.3. The molecule has 0 aliphatic carbocycles. The normalized spacial score (nSPS) is 14.5. The lowest BCUT2D eigenvalue weighted by atomic mass is 10.1. The van der Waals surface area contributed by atoms with Crippen LogP contribution in [0.25, 0.3) is 0 Å². The summed E-state index contributed by atoms with van der Waals surface area (Å²) in [5, 5.41) is 2.96. The van der Waals surface area contributed by atoms with Crippen LogP contribution in [0.3, 0.4) is 0 Å². The number of piperazine rings is 1. The molecule has 3 aromatic carbocycles. The number of hydrogen-bond acceptors (Lipinski definition) is 3. The van der Waals surface area contributed by atoms with Crippen LogP contribution in [0.1, 0.15) is 21.5 Å². The van der Waals surface area contributed by atoms with Crippen LogP contribution in [0.5, 0.6) is 0 Å². The third kappa shape index (κ3) is 5.05. The maximum atomic E-state index is 13.1. The van der Waals surface area contributed by atoms with E-state index in [0.29, 0.717) is 5.56 Å². The highest BCUT2D eigenvalue weighted by Crippen LogP contribution is 2.18. The SMILES string of the molecule is Cc1ccc(NC(=O)c2cccc(CN3CCN(c4ccc(F)cc4)CC3)c2)cc1. The van der Waals surface area contributed by atoms with E-state index in [2.05, 4.69) is 21.2 Å². The van der Waals surface area contributed by atoms with Crippen molar-refractivity contribution in [1.29, 1.82) is 0 Å². The van der Waals surface area contributed by atoms with E-state index < -0.39 is 0 Å². The van der Waals surface area contributed by atoms with Gasteiger partial charge in [0.2, 0.25) is 0 Å². The largest absolute Gasteiger partial charge is 0.369 e. The van der Waals surface area contributed by atoms with Crippen LogP contribution < -0.4 is 10.2 Å². The van der Waals surface area contributed by atoms with Crippen LogP contribution in [0, 0.1) is 12.7 Å². The average Bonchev–Trinajstić information content (AvgIpc) is 2.77. The molecule has 0 radical (unpaired) electrons. The van der Waals surface area contributed by atoms with Crippen LogP contribution in [-0.2, 0) is 6.54 Å². The highest BCUT2D eigenvalue weighted by Gasteiger charge is 2.18. The number of aryl methyl sites for hydroxylation is 1. The summed E-state index contributed by atoms with van der Waals surface area (Å²) in [6, 6.07) is 22.3. The zero-order valence-electron chi connectivity index (χ0n) is 17.1. The second-order valence-electron chi connectivity index (χ2n) is 7.76. The van der Waals surface area contributed by atoms with Gasteiger partial charge in [0.25, 0.3) is 5.91 Å². The molecule has 1 heterocycles. The summed E-state index contributed by atoms with van der Waals surface area (Å²) in [5.41, 5.74) is 4.81. The summed E-state index contributed by atoms with van der Waals surface area (Å²) in [4.78, 5) is 17.3. The van der Waals surface area contributed by atoms with Gasteiger partial charge in [-0.3, -0.25) is 9.69 Å². The molecule has 30 heavy (non-hydrogen) atoms. The van der Waals surface area contributed by atoms with Crippen molar-refractivity contribution in [2.45, 2.75) is 13.5 Å². The van der Waals surface area contributed by atoms with E-state index in [0.717, 1.165) is 55.2 Å². The summed E-state index contributed by atoms with van der Waals surface area (Å²) in [5.74, 6) is -0.300. The Morgan fingerprint density at radius 3 is 2.33 bits per heavy atom. The highest BCUT2D eigenvalue weighted by molar-refractivity contribution is 6.04. The summed E-state index contributed by atoms with van der Waals surface area (Å²) in [6.07, 6.45) is 0. The fourth-order valence-corrected chi connectivity index (χ4v) is 3.73. The van der Waals surface area contributed by atoms with Gasteiger partial charge in [-0.05, 0) is 61.0 Å². The Labute approximate surface area is 176 Å². The van der Waals surface area contributed by atoms with Gasteiger partial charge in [-0.1, -0.05) is 29.8 Å². The van der Waals surface area contributed by atoms with E-state index in [1.165, 1.54) is 12.1 Å². The monoisotopic (exact) mass is 403 g/mol. The Bertz CT molecular complexity index is 994. The van der Waals surface area contributed by atoms with Crippen molar-refractivity contribution >= 4 is 17.3 Å². The number of halogens is 1. The summed E-state index contributed by atoms with van der Waals surface area (Å²) >= 11 is 0. The average molecular weight is 404 g/mol. The number of benzene rings is 3. The fourth-order valence-electron chi connectivity index (χ4n) is 3.73. The lowest BCUT2D eigenvalue weighted by Crippen LogP contribution is -2.45. The van der Waals surface area contributed by atoms with Crippen molar-refractivity contribution in [3.05, 3.63) is 95.3 Å². The molecule has 154 valence electrons. The third-order valence-corrected chi connectivity index (χ3v) is 5.47. The molecule has 1 amide bonds. The molecule has 5 heteroatoms. The lowest BCUT2D eigenvalue weighted by Gasteiger charge is -2.36. The smallest absolute Gasteiger partial charge is 0.255 e. The molecule has 1 aliphatic heterocycles. The third-order valence-electron chi connectivity index (χ3n) is 5.47. The van der Waals surface area contributed by atoms with Crippen molar-refractivity contribution in [2.75, 3.05) is 36.4 Å². The molecule has 1 fully saturated rings. The topological polar surface area (TPSA) is 35.6 Å². The number of nitrogens with zero attached hydrogens (tertiary/aromatic N) is 2. The van der Waals surface area contributed by atoms with Gasteiger partial charge in [-0.2, -0.15) is 0 Å². The molecule has 0 aromatic heterocycles. The first-order chi connectivity index (χ1) is 14.6. The Balaban J connectivity index is 1.34. The molecule has 0 spiro atoms. The minimum Gasteiger partial charge on any atom is -0.369 e. The van der Waals surface area contributed by atoms with Gasteiger partial charge in [0.1, 0.15) is 5.82 Å². The standard InChI is InChI=1S/C25H26FN3O/c1-19-5-9-23(10-6-19)27-25(30)21-4-2-3-20(17-21)18-28-13-15-29(16-14-28)24-11-7-22(26)8-12-24/h2-12,17H,13-16,18H2,1H3,(H,27,30). The van der Waals surface area contributed by atoms with Crippen molar-refractivity contribution in [3.63, 3.8) is 0 Å². The Morgan fingerprint density at radius 1 is 0.933 bits per heavy atom. The maximum Gasteiger partial charge on any atom is 0.255 e. The Morgan fingerprint density at radius 2 is 1.63 bits per heavy atom. The molecule has 1 N–H and O–H groups in total. The maximum absolute atomic E-state index is 13.1. The summed E-state index contributed by atoms with van der Waals surface area (Å²) in [6.45, 7) is 6.49. The van der Waals surface area contributed by atoms with Crippen molar-refractivity contribution in [2.24, 2.45) is 0 Å². The zero-order chi connectivity index (χ0) is 20.9. The lowest BCUT2D eigenvalue weighted by molar-refractivity contribution is 0.102. The first kappa shape index (κ1) is 20.1. The van der Waals surface area contributed by atoms with Crippen LogP contribution in [0.4, 0.5) is 15.8 Å². The van der Waals surface area contributed by atoms with Crippen molar-refractivity contribution < 1.29 is 9.18 Å². The molecule has 4 rings (SSSR count). The number of anilines is 2. The second kappa shape index (κ2) is 9.09. The highest BCUT2D eigenvalue weighted by atomic mass is 19.1. The van der Waals surface area contributed by atoms with Gasteiger partial charge >= 0.3 is 0 Å². The molecular formula is C25H26FN3O. The van der Waals surface area contributed by atoms with E-state index in [1.807, 2.05) is 61.5 Å². The van der Waals surface area contributed by atoms with E-state index in [-0.39, 0.29) is 11.7 Å². The van der Waals surface area contributed by atoms with E-state index in [4.69, 9.17) is 0 Å². The molecule has 0 atom stereocenters. The van der Waals surface area contributed by atoms with Crippen molar-refractivity contribution in [1.82, 2.24) is 4.90 Å². The van der Waals surface area contributed by atoms with Gasteiger partial charge in [-0.25, -0.2) is 4.39 Å². The van der Waals surface area contributed by atoms with Crippen molar-refractivity contribution in [3.8, 4) is 0 Å². The summed E-state index contributed by atoms with van der Waals surface area (Å²) < 4.78 is 13.1. The van der Waals surface area contributed by atoms with Crippen LogP contribution in [-0.4, -0.2) is 37.0 Å².